The first-order valence-corrected chi connectivity index (χ1v) is 8.65. The second-order valence-electron chi connectivity index (χ2n) is 5.74. The van der Waals surface area contributed by atoms with Gasteiger partial charge in [0.25, 0.3) is 5.91 Å². The lowest BCUT2D eigenvalue weighted by Gasteiger charge is -2.06. The Morgan fingerprint density at radius 3 is 2.75 bits per heavy atom. The van der Waals surface area contributed by atoms with Crippen molar-refractivity contribution in [1.29, 1.82) is 0 Å². The summed E-state index contributed by atoms with van der Waals surface area (Å²) in [6.45, 7) is 1.04. The summed E-state index contributed by atoms with van der Waals surface area (Å²) in [4.78, 5) is 34.0. The van der Waals surface area contributed by atoms with E-state index in [1.807, 2.05) is 0 Å². The van der Waals surface area contributed by atoms with Crippen molar-refractivity contribution in [3.8, 4) is 0 Å². The number of nitro benzene ring substituents is 1. The van der Waals surface area contributed by atoms with Crippen molar-refractivity contribution in [2.24, 2.45) is 0 Å². The van der Waals surface area contributed by atoms with Gasteiger partial charge in [-0.1, -0.05) is 15.9 Å². The molecule has 0 unspecified atom stereocenters. The normalized spacial score (nSPS) is 10.7. The molecule has 144 valence electrons. The van der Waals surface area contributed by atoms with Crippen LogP contribution in [-0.4, -0.2) is 23.4 Å². The minimum atomic E-state index is -1.03. The molecule has 2 aromatic carbocycles. The number of esters is 1. The van der Waals surface area contributed by atoms with E-state index in [1.165, 1.54) is 0 Å². The fraction of sp³-hybridized carbons (Fsp3) is 0.111. The average molecular weight is 451 g/mol. The molecule has 0 aliphatic carbocycles. The van der Waals surface area contributed by atoms with Crippen molar-refractivity contribution < 1.29 is 28.1 Å². The van der Waals surface area contributed by atoms with E-state index in [2.05, 4.69) is 21.2 Å². The summed E-state index contributed by atoms with van der Waals surface area (Å²) in [6, 6.07) is 8.13. The first-order valence-electron chi connectivity index (χ1n) is 7.86. The second-order valence-corrected chi connectivity index (χ2v) is 6.66. The van der Waals surface area contributed by atoms with Crippen LogP contribution in [0.1, 0.15) is 16.1 Å². The van der Waals surface area contributed by atoms with E-state index in [9.17, 15) is 24.1 Å². The van der Waals surface area contributed by atoms with Crippen molar-refractivity contribution in [1.82, 2.24) is 0 Å². The fourth-order valence-electron chi connectivity index (χ4n) is 2.51. The lowest BCUT2D eigenvalue weighted by Crippen LogP contribution is -2.21. The molecule has 28 heavy (non-hydrogen) atoms. The molecule has 0 aliphatic heterocycles. The number of hydrogen-bond donors (Lipinski definition) is 1. The van der Waals surface area contributed by atoms with Crippen LogP contribution in [-0.2, 0) is 9.53 Å². The number of hydrogen-bond acceptors (Lipinski definition) is 6. The topological polar surface area (TPSA) is 112 Å². The highest BCUT2D eigenvalue weighted by atomic mass is 79.9. The fourth-order valence-corrected chi connectivity index (χ4v) is 2.87. The van der Waals surface area contributed by atoms with Crippen molar-refractivity contribution in [2.75, 3.05) is 11.9 Å². The van der Waals surface area contributed by atoms with Crippen LogP contribution in [0.4, 0.5) is 15.8 Å². The molecule has 3 rings (SSSR count). The monoisotopic (exact) mass is 450 g/mol. The van der Waals surface area contributed by atoms with E-state index >= 15 is 0 Å². The van der Waals surface area contributed by atoms with Crippen molar-refractivity contribution >= 4 is 50.2 Å². The molecule has 0 saturated heterocycles. The number of nitro groups is 1. The van der Waals surface area contributed by atoms with Crippen LogP contribution in [0.5, 0.6) is 0 Å². The van der Waals surface area contributed by atoms with E-state index in [0.717, 1.165) is 28.1 Å². The maximum absolute atomic E-state index is 13.3. The van der Waals surface area contributed by atoms with E-state index < -0.39 is 34.9 Å². The number of ether oxygens (including phenoxy) is 1. The van der Waals surface area contributed by atoms with Gasteiger partial charge >= 0.3 is 11.7 Å². The Hall–Kier alpha value is -3.27. The number of rotatable bonds is 5. The molecule has 1 N–H and O–H groups in total. The molecule has 10 heteroatoms. The molecule has 1 heterocycles. The van der Waals surface area contributed by atoms with E-state index in [-0.39, 0.29) is 11.4 Å². The molecule has 1 amide bonds. The predicted octanol–water partition coefficient (Wildman–Crippen LogP) is 4.35. The van der Waals surface area contributed by atoms with Crippen LogP contribution in [0, 0.1) is 22.9 Å². The number of nitrogens with zero attached hydrogens (tertiary/aromatic N) is 1. The van der Waals surface area contributed by atoms with Gasteiger partial charge in [0.1, 0.15) is 5.58 Å². The van der Waals surface area contributed by atoms with E-state index in [1.54, 1.807) is 25.1 Å². The van der Waals surface area contributed by atoms with Crippen molar-refractivity contribution in [3.05, 3.63) is 68.1 Å². The van der Waals surface area contributed by atoms with E-state index in [4.69, 9.17) is 9.15 Å². The maximum atomic E-state index is 13.3. The summed E-state index contributed by atoms with van der Waals surface area (Å²) in [7, 11) is 0. The molecule has 8 nitrogen and oxygen atoms in total. The first-order chi connectivity index (χ1) is 13.3. The molecule has 0 fully saturated rings. The minimum Gasteiger partial charge on any atom is -0.450 e. The molecule has 0 aliphatic rings. The predicted molar refractivity (Wildman–Crippen MR) is 101 cm³/mol. The third-order valence-electron chi connectivity index (χ3n) is 3.84. The summed E-state index contributed by atoms with van der Waals surface area (Å²) < 4.78 is 24.5. The lowest BCUT2D eigenvalue weighted by atomic mass is 10.1. The van der Waals surface area contributed by atoms with Gasteiger partial charge in [0.15, 0.2) is 6.61 Å². The zero-order chi connectivity index (χ0) is 20.4. The summed E-state index contributed by atoms with van der Waals surface area (Å²) in [5, 5.41) is 13.8. The number of aryl methyl sites for hydroxylation is 1. The zero-order valence-electron chi connectivity index (χ0n) is 14.3. The molecule has 0 spiro atoms. The number of furan rings is 1. The molecule has 0 atom stereocenters. The average Bonchev–Trinajstić information content (AvgIpc) is 2.97. The van der Waals surface area contributed by atoms with Gasteiger partial charge in [-0.25, -0.2) is 4.79 Å². The highest BCUT2D eigenvalue weighted by Crippen LogP contribution is 2.28. The van der Waals surface area contributed by atoms with E-state index in [0.29, 0.717) is 11.1 Å². The van der Waals surface area contributed by atoms with Gasteiger partial charge in [0.2, 0.25) is 11.6 Å². The SMILES string of the molecule is Cc1c(C(=O)OCC(=O)Nc2ccc(F)c([N+](=O)[O-])c2)oc2ccc(Br)cc12. The molecule has 0 saturated carbocycles. The van der Waals surface area contributed by atoms with Gasteiger partial charge in [0, 0.05) is 27.2 Å². The Bertz CT molecular complexity index is 1110. The van der Waals surface area contributed by atoms with Crippen molar-refractivity contribution in [2.45, 2.75) is 6.92 Å². The Balaban J connectivity index is 1.66. The summed E-state index contributed by atoms with van der Waals surface area (Å²) in [6.07, 6.45) is 0. The molecular weight excluding hydrogens is 439 g/mol. The summed E-state index contributed by atoms with van der Waals surface area (Å²) >= 11 is 3.34. The second kappa shape index (κ2) is 7.77. The first kappa shape index (κ1) is 19.5. The van der Waals surface area contributed by atoms with Gasteiger partial charge in [-0.2, -0.15) is 4.39 Å². The Kier molecular flexibility index (Phi) is 5.41. The molecule has 0 radical (unpaired) electrons. The Labute approximate surface area is 165 Å². The standard InChI is InChI=1S/C18H12BrFN2O6/c1-9-12-6-10(19)2-5-15(12)28-17(9)18(24)27-8-16(23)21-11-3-4-13(20)14(7-11)22(25)26/h2-7H,8H2,1H3,(H,21,23). The quantitative estimate of drug-likeness (QED) is 0.351. The smallest absolute Gasteiger partial charge is 0.375 e. The Morgan fingerprint density at radius 2 is 2.04 bits per heavy atom. The van der Waals surface area contributed by atoms with Crippen LogP contribution in [0.3, 0.4) is 0 Å². The van der Waals surface area contributed by atoms with Crippen LogP contribution in [0.25, 0.3) is 11.0 Å². The third-order valence-corrected chi connectivity index (χ3v) is 4.34. The molecule has 3 aromatic rings. The summed E-state index contributed by atoms with van der Waals surface area (Å²) in [5.74, 6) is -2.63. The number of carbonyl (C=O) groups is 2. The lowest BCUT2D eigenvalue weighted by molar-refractivity contribution is -0.387. The van der Waals surface area contributed by atoms with Gasteiger partial charge in [-0.15, -0.1) is 0 Å². The van der Waals surface area contributed by atoms with Crippen LogP contribution in [0.2, 0.25) is 0 Å². The highest BCUT2D eigenvalue weighted by molar-refractivity contribution is 9.10. The van der Waals surface area contributed by atoms with Gasteiger partial charge in [0.05, 0.1) is 4.92 Å². The van der Waals surface area contributed by atoms with Crippen LogP contribution < -0.4 is 5.32 Å². The number of anilines is 1. The molecular formula is C18H12BrFN2O6. The minimum absolute atomic E-state index is 0.00100. The highest BCUT2D eigenvalue weighted by Gasteiger charge is 2.21. The number of benzene rings is 2. The number of amides is 1. The van der Waals surface area contributed by atoms with Crippen LogP contribution in [0.15, 0.2) is 45.3 Å². The van der Waals surface area contributed by atoms with Gasteiger partial charge < -0.3 is 14.5 Å². The zero-order valence-corrected chi connectivity index (χ0v) is 15.9. The van der Waals surface area contributed by atoms with Gasteiger partial charge in [-0.3, -0.25) is 14.9 Å². The number of carbonyl (C=O) groups excluding carboxylic acids is 2. The van der Waals surface area contributed by atoms with Crippen molar-refractivity contribution in [3.63, 3.8) is 0 Å². The largest absolute Gasteiger partial charge is 0.450 e. The Morgan fingerprint density at radius 1 is 1.29 bits per heavy atom. The maximum Gasteiger partial charge on any atom is 0.375 e. The molecule has 1 aromatic heterocycles. The number of fused-ring (bicyclic) bond motifs is 1. The molecule has 0 bridgehead atoms. The summed E-state index contributed by atoms with van der Waals surface area (Å²) in [5.41, 5.74) is 0.282. The van der Waals surface area contributed by atoms with Gasteiger partial charge in [-0.05, 0) is 37.3 Å². The van der Waals surface area contributed by atoms with Crippen LogP contribution >= 0.6 is 15.9 Å². The third kappa shape index (κ3) is 4.01. The number of halogens is 2. The number of nitrogens with one attached hydrogen (secondary N) is 1.